The molecule has 1 N–H and O–H groups in total. The van der Waals surface area contributed by atoms with E-state index in [0.29, 0.717) is 11.8 Å². The molecule has 0 atom stereocenters. The molecule has 2 rings (SSSR count). The van der Waals surface area contributed by atoms with Gasteiger partial charge in [-0.1, -0.05) is 11.8 Å². The third-order valence-electron chi connectivity index (χ3n) is 2.35. The molecule has 0 aliphatic rings. The van der Waals surface area contributed by atoms with Crippen LogP contribution < -0.4 is 0 Å². The van der Waals surface area contributed by atoms with E-state index in [1.165, 1.54) is 17.8 Å². The van der Waals surface area contributed by atoms with Gasteiger partial charge in [0.15, 0.2) is 6.29 Å². The van der Waals surface area contributed by atoms with Crippen LogP contribution in [0.25, 0.3) is 0 Å². The van der Waals surface area contributed by atoms with Crippen LogP contribution in [0.15, 0.2) is 52.3 Å². The number of carbonyl (C=O) groups is 1. The molecule has 3 nitrogen and oxygen atoms in total. The van der Waals surface area contributed by atoms with Crippen LogP contribution in [0.1, 0.15) is 15.9 Å². The molecule has 0 aromatic heterocycles. The van der Waals surface area contributed by atoms with Crippen LogP contribution in [0.5, 0.6) is 5.75 Å². The minimum atomic E-state index is -0.0193. The molecule has 88 valence electrons. The molecule has 2 aromatic carbocycles. The zero-order valence-corrected chi connectivity index (χ0v) is 10.1. The summed E-state index contributed by atoms with van der Waals surface area (Å²) >= 11 is 1.47. The Balaban J connectivity index is 2.23. The highest BCUT2D eigenvalue weighted by Gasteiger charge is 2.03. The highest BCUT2D eigenvalue weighted by atomic mass is 32.2. The van der Waals surface area contributed by atoms with E-state index in [1.54, 1.807) is 24.3 Å². The Labute approximate surface area is 109 Å². The second-order valence-corrected chi connectivity index (χ2v) is 4.72. The molecule has 0 saturated heterocycles. The van der Waals surface area contributed by atoms with Gasteiger partial charge in [-0.25, -0.2) is 0 Å². The van der Waals surface area contributed by atoms with Gasteiger partial charge >= 0.3 is 0 Å². The number of phenols is 1. The third kappa shape index (κ3) is 2.70. The van der Waals surface area contributed by atoms with Crippen LogP contribution in [0.4, 0.5) is 0 Å². The van der Waals surface area contributed by atoms with Crippen LogP contribution in [0, 0.1) is 11.3 Å². The summed E-state index contributed by atoms with van der Waals surface area (Å²) in [5.74, 6) is -0.0193. The lowest BCUT2D eigenvalue weighted by atomic mass is 10.2. The van der Waals surface area contributed by atoms with Crippen LogP contribution in [0.3, 0.4) is 0 Å². The average molecular weight is 255 g/mol. The van der Waals surface area contributed by atoms with E-state index in [0.717, 1.165) is 9.79 Å². The lowest BCUT2D eigenvalue weighted by molar-refractivity contribution is 0.112. The van der Waals surface area contributed by atoms with Gasteiger partial charge in [0.25, 0.3) is 0 Å². The summed E-state index contributed by atoms with van der Waals surface area (Å²) in [5.41, 5.74) is 0.882. The van der Waals surface area contributed by atoms with Gasteiger partial charge in [0, 0.05) is 9.79 Å². The van der Waals surface area contributed by atoms with E-state index in [4.69, 9.17) is 5.26 Å². The molecule has 0 aliphatic heterocycles. The molecule has 0 aliphatic carbocycles. The van der Waals surface area contributed by atoms with Gasteiger partial charge in [0.05, 0.1) is 17.2 Å². The van der Waals surface area contributed by atoms with Gasteiger partial charge in [-0.05, 0) is 42.5 Å². The van der Waals surface area contributed by atoms with Gasteiger partial charge in [-0.2, -0.15) is 5.26 Å². The first kappa shape index (κ1) is 12.2. The van der Waals surface area contributed by atoms with Gasteiger partial charge in [-0.3, -0.25) is 4.79 Å². The Kier molecular flexibility index (Phi) is 3.66. The van der Waals surface area contributed by atoms with E-state index in [9.17, 15) is 9.90 Å². The number of benzene rings is 2. The van der Waals surface area contributed by atoms with E-state index >= 15 is 0 Å². The summed E-state index contributed by atoms with van der Waals surface area (Å²) in [6.45, 7) is 0. The predicted molar refractivity (Wildman–Crippen MR) is 68.8 cm³/mol. The lowest BCUT2D eigenvalue weighted by Crippen LogP contribution is -1.82. The van der Waals surface area contributed by atoms with Gasteiger partial charge in [0.1, 0.15) is 5.75 Å². The number of nitriles is 1. The smallest absolute Gasteiger partial charge is 0.153 e. The number of aldehydes is 1. The van der Waals surface area contributed by atoms with Crippen molar-refractivity contribution in [3.8, 4) is 11.8 Å². The third-order valence-corrected chi connectivity index (χ3v) is 3.34. The van der Waals surface area contributed by atoms with Gasteiger partial charge in [-0.15, -0.1) is 0 Å². The molecular formula is C14H9NO2S. The largest absolute Gasteiger partial charge is 0.507 e. The van der Waals surface area contributed by atoms with Crippen molar-refractivity contribution in [2.45, 2.75) is 9.79 Å². The minimum Gasteiger partial charge on any atom is -0.507 e. The maximum atomic E-state index is 10.7. The molecule has 0 unspecified atom stereocenters. The molecule has 4 heteroatoms. The van der Waals surface area contributed by atoms with E-state index in [2.05, 4.69) is 6.07 Å². The summed E-state index contributed by atoms with van der Waals surface area (Å²) < 4.78 is 0. The van der Waals surface area contributed by atoms with Crippen molar-refractivity contribution in [1.29, 1.82) is 5.26 Å². The fraction of sp³-hybridized carbons (Fsp3) is 0. The zero-order chi connectivity index (χ0) is 13.0. The van der Waals surface area contributed by atoms with E-state index in [-0.39, 0.29) is 11.3 Å². The molecule has 2 aromatic rings. The van der Waals surface area contributed by atoms with Crippen molar-refractivity contribution in [3.05, 3.63) is 53.6 Å². The van der Waals surface area contributed by atoms with E-state index < -0.39 is 0 Å². The number of aromatic hydroxyl groups is 1. The van der Waals surface area contributed by atoms with Crippen LogP contribution >= 0.6 is 11.8 Å². The van der Waals surface area contributed by atoms with Crippen molar-refractivity contribution in [1.82, 2.24) is 0 Å². The summed E-state index contributed by atoms with van der Waals surface area (Å²) in [4.78, 5) is 12.5. The summed E-state index contributed by atoms with van der Waals surface area (Å²) in [6.07, 6.45) is 0.623. The van der Waals surface area contributed by atoms with Crippen LogP contribution in [-0.2, 0) is 0 Å². The SMILES string of the molecule is N#Cc1ccc(Sc2ccc(O)c(C=O)c2)cc1. The molecule has 0 bridgehead atoms. The normalized spacial score (nSPS) is 9.72. The molecule has 0 heterocycles. The minimum absolute atomic E-state index is 0.0193. The Morgan fingerprint density at radius 2 is 1.78 bits per heavy atom. The first-order valence-corrected chi connectivity index (χ1v) is 6.01. The average Bonchev–Trinajstić information content (AvgIpc) is 2.42. The molecule has 0 amide bonds. The first-order chi connectivity index (χ1) is 8.72. The van der Waals surface area contributed by atoms with Crippen molar-refractivity contribution in [2.75, 3.05) is 0 Å². The monoisotopic (exact) mass is 255 g/mol. The second kappa shape index (κ2) is 5.39. The standard InChI is InChI=1S/C14H9NO2S/c15-8-10-1-3-12(4-2-10)18-13-5-6-14(17)11(7-13)9-16/h1-7,9,17H. The fourth-order valence-electron chi connectivity index (χ4n) is 1.42. The van der Waals surface area contributed by atoms with Crippen LogP contribution in [0.2, 0.25) is 0 Å². The Morgan fingerprint density at radius 3 is 2.39 bits per heavy atom. The Hall–Kier alpha value is -2.25. The highest BCUT2D eigenvalue weighted by Crippen LogP contribution is 2.30. The number of carbonyl (C=O) groups excluding carboxylic acids is 1. The van der Waals surface area contributed by atoms with Gasteiger partial charge < -0.3 is 5.11 Å². The van der Waals surface area contributed by atoms with Crippen LogP contribution in [-0.4, -0.2) is 11.4 Å². The highest BCUT2D eigenvalue weighted by molar-refractivity contribution is 7.99. The molecule has 18 heavy (non-hydrogen) atoms. The molecule has 0 spiro atoms. The lowest BCUT2D eigenvalue weighted by Gasteiger charge is -2.03. The first-order valence-electron chi connectivity index (χ1n) is 5.19. The Bertz CT molecular complexity index is 615. The van der Waals surface area contributed by atoms with Gasteiger partial charge in [0.2, 0.25) is 0 Å². The van der Waals surface area contributed by atoms with Crippen molar-refractivity contribution in [2.24, 2.45) is 0 Å². The Morgan fingerprint density at radius 1 is 1.11 bits per heavy atom. The summed E-state index contributed by atoms with van der Waals surface area (Å²) in [6, 6.07) is 14.1. The fourth-order valence-corrected chi connectivity index (χ4v) is 2.29. The maximum Gasteiger partial charge on any atom is 0.153 e. The number of rotatable bonds is 3. The zero-order valence-electron chi connectivity index (χ0n) is 9.33. The predicted octanol–water partition coefficient (Wildman–Crippen LogP) is 3.23. The summed E-state index contributed by atoms with van der Waals surface area (Å²) in [7, 11) is 0. The number of phenolic OH excluding ortho intramolecular Hbond substituents is 1. The number of hydrogen-bond donors (Lipinski definition) is 1. The van der Waals surface area contributed by atoms with Crippen molar-refractivity contribution < 1.29 is 9.90 Å². The number of hydrogen-bond acceptors (Lipinski definition) is 4. The molecule has 0 fully saturated rings. The maximum absolute atomic E-state index is 10.7. The second-order valence-electron chi connectivity index (χ2n) is 3.58. The molecule has 0 saturated carbocycles. The molecule has 0 radical (unpaired) electrons. The summed E-state index contributed by atoms with van der Waals surface area (Å²) in [5, 5.41) is 18.1. The van der Waals surface area contributed by atoms with Crippen molar-refractivity contribution in [3.63, 3.8) is 0 Å². The molecular weight excluding hydrogens is 246 g/mol. The number of nitrogens with zero attached hydrogens (tertiary/aromatic N) is 1. The quantitative estimate of drug-likeness (QED) is 0.855. The topological polar surface area (TPSA) is 61.1 Å². The van der Waals surface area contributed by atoms with E-state index in [1.807, 2.05) is 12.1 Å². The van der Waals surface area contributed by atoms with Crippen molar-refractivity contribution >= 4 is 18.0 Å².